The summed E-state index contributed by atoms with van der Waals surface area (Å²) in [4.78, 5) is 27.3. The van der Waals surface area contributed by atoms with Crippen LogP contribution in [0, 0.1) is 0 Å². The Hall–Kier alpha value is -3.87. The Kier molecular flexibility index (Phi) is 8.91. The molecule has 3 aromatic rings. The Labute approximate surface area is 246 Å². The van der Waals surface area contributed by atoms with E-state index in [1.807, 2.05) is 48.5 Å². The zero-order valence-corrected chi connectivity index (χ0v) is 24.2. The van der Waals surface area contributed by atoms with Gasteiger partial charge in [0, 0.05) is 44.8 Å². The Balaban J connectivity index is 1.39. The SMILES string of the molecule is CN(C)C(=O)/C=C/CN1CC[C@H](Oc2ccc(C3=C(c4ccccc4Cl)CCCc4cc(C(=O)O)ccc43)cc2)C1. The summed E-state index contributed by atoms with van der Waals surface area (Å²) in [5, 5.41) is 10.3. The lowest BCUT2D eigenvalue weighted by Gasteiger charge is -2.19. The number of amides is 1. The van der Waals surface area contributed by atoms with E-state index in [2.05, 4.69) is 23.1 Å². The quantitative estimate of drug-likeness (QED) is 0.316. The van der Waals surface area contributed by atoms with E-state index in [1.165, 1.54) is 5.57 Å². The molecule has 1 saturated heterocycles. The van der Waals surface area contributed by atoms with Gasteiger partial charge in [0.15, 0.2) is 0 Å². The molecule has 1 aliphatic heterocycles. The van der Waals surface area contributed by atoms with Crippen molar-refractivity contribution in [2.75, 3.05) is 33.7 Å². The lowest BCUT2D eigenvalue weighted by Crippen LogP contribution is -2.25. The molecule has 1 N–H and O–H groups in total. The van der Waals surface area contributed by atoms with E-state index in [1.54, 1.807) is 31.1 Å². The van der Waals surface area contributed by atoms with Crippen LogP contribution < -0.4 is 4.74 Å². The fraction of sp³-hybridized carbons (Fsp3) is 0.294. The van der Waals surface area contributed by atoms with Gasteiger partial charge >= 0.3 is 5.97 Å². The number of rotatable bonds is 8. The molecule has 41 heavy (non-hydrogen) atoms. The van der Waals surface area contributed by atoms with Crippen LogP contribution in [0.2, 0.25) is 5.02 Å². The Morgan fingerprint density at radius 3 is 2.56 bits per heavy atom. The van der Waals surface area contributed by atoms with Crippen LogP contribution >= 0.6 is 11.6 Å². The van der Waals surface area contributed by atoms with Gasteiger partial charge in [0.25, 0.3) is 0 Å². The number of hydrogen-bond donors (Lipinski definition) is 1. The number of benzene rings is 3. The molecular weight excluding hydrogens is 536 g/mol. The molecule has 0 unspecified atom stereocenters. The molecule has 2 aliphatic rings. The van der Waals surface area contributed by atoms with Crippen molar-refractivity contribution in [2.24, 2.45) is 0 Å². The first-order valence-corrected chi connectivity index (χ1v) is 14.4. The molecule has 0 aromatic heterocycles. The molecule has 3 aromatic carbocycles. The van der Waals surface area contributed by atoms with E-state index >= 15 is 0 Å². The third-order valence-electron chi connectivity index (χ3n) is 7.73. The highest BCUT2D eigenvalue weighted by atomic mass is 35.5. The molecule has 1 atom stereocenters. The predicted octanol–water partition coefficient (Wildman–Crippen LogP) is 6.43. The van der Waals surface area contributed by atoms with Crippen molar-refractivity contribution in [1.82, 2.24) is 9.80 Å². The fourth-order valence-corrected chi connectivity index (χ4v) is 5.88. The third kappa shape index (κ3) is 6.72. The number of fused-ring (bicyclic) bond motifs is 1. The molecule has 0 bridgehead atoms. The van der Waals surface area contributed by atoms with Gasteiger partial charge in [0.1, 0.15) is 11.9 Å². The van der Waals surface area contributed by atoms with Crippen molar-refractivity contribution in [1.29, 1.82) is 0 Å². The first-order valence-electron chi connectivity index (χ1n) is 14.0. The molecule has 1 heterocycles. The van der Waals surface area contributed by atoms with Crippen LogP contribution in [0.4, 0.5) is 0 Å². The van der Waals surface area contributed by atoms with Crippen LogP contribution in [-0.2, 0) is 11.2 Å². The highest BCUT2D eigenvalue weighted by molar-refractivity contribution is 6.32. The van der Waals surface area contributed by atoms with Crippen molar-refractivity contribution in [2.45, 2.75) is 31.8 Å². The highest BCUT2D eigenvalue weighted by Crippen LogP contribution is 2.42. The second kappa shape index (κ2) is 12.8. The van der Waals surface area contributed by atoms with Crippen LogP contribution in [0.25, 0.3) is 11.1 Å². The maximum atomic E-state index is 11.8. The van der Waals surface area contributed by atoms with Crippen molar-refractivity contribution in [3.05, 3.63) is 112 Å². The van der Waals surface area contributed by atoms with E-state index in [0.29, 0.717) is 10.6 Å². The molecule has 1 amide bonds. The minimum Gasteiger partial charge on any atom is -0.489 e. The minimum atomic E-state index is -0.918. The van der Waals surface area contributed by atoms with Crippen LogP contribution in [0.1, 0.15) is 51.9 Å². The average Bonchev–Trinajstić information content (AvgIpc) is 3.31. The van der Waals surface area contributed by atoms with Crippen molar-refractivity contribution >= 4 is 34.6 Å². The monoisotopic (exact) mass is 570 g/mol. The van der Waals surface area contributed by atoms with E-state index in [4.69, 9.17) is 16.3 Å². The number of halogens is 1. The second-order valence-electron chi connectivity index (χ2n) is 10.8. The van der Waals surface area contributed by atoms with Gasteiger partial charge in [-0.25, -0.2) is 4.79 Å². The summed E-state index contributed by atoms with van der Waals surface area (Å²) in [5.74, 6) is -0.114. The summed E-state index contributed by atoms with van der Waals surface area (Å²) < 4.78 is 6.34. The number of hydrogen-bond acceptors (Lipinski definition) is 4. The van der Waals surface area contributed by atoms with Gasteiger partial charge in [-0.05, 0) is 89.4 Å². The van der Waals surface area contributed by atoms with Crippen LogP contribution in [0.5, 0.6) is 5.75 Å². The third-order valence-corrected chi connectivity index (χ3v) is 8.06. The number of carbonyl (C=O) groups excluding carboxylic acids is 1. The Morgan fingerprint density at radius 1 is 1.05 bits per heavy atom. The molecule has 0 spiro atoms. The number of aromatic carboxylic acids is 1. The average molecular weight is 571 g/mol. The molecule has 6 nitrogen and oxygen atoms in total. The Morgan fingerprint density at radius 2 is 1.83 bits per heavy atom. The van der Waals surface area contributed by atoms with Crippen molar-refractivity contribution < 1.29 is 19.4 Å². The molecular formula is C34H35ClN2O4. The van der Waals surface area contributed by atoms with E-state index in [9.17, 15) is 14.7 Å². The maximum Gasteiger partial charge on any atom is 0.335 e. The van der Waals surface area contributed by atoms with Gasteiger partial charge in [-0.15, -0.1) is 0 Å². The maximum absolute atomic E-state index is 11.8. The lowest BCUT2D eigenvalue weighted by atomic mass is 9.87. The Bertz CT molecular complexity index is 1490. The molecule has 7 heteroatoms. The molecule has 0 saturated carbocycles. The molecule has 1 aliphatic carbocycles. The number of ether oxygens (including phenoxy) is 1. The first-order chi connectivity index (χ1) is 19.8. The number of likely N-dealkylation sites (tertiary alicyclic amines) is 1. The summed E-state index contributed by atoms with van der Waals surface area (Å²) in [6.45, 7) is 2.45. The van der Waals surface area contributed by atoms with Gasteiger partial charge in [0.05, 0.1) is 5.56 Å². The van der Waals surface area contributed by atoms with E-state index < -0.39 is 5.97 Å². The zero-order chi connectivity index (χ0) is 28.9. The lowest BCUT2D eigenvalue weighted by molar-refractivity contribution is -0.123. The number of carboxylic acids is 1. The first kappa shape index (κ1) is 28.7. The van der Waals surface area contributed by atoms with E-state index in [-0.39, 0.29) is 12.0 Å². The minimum absolute atomic E-state index is 0.0106. The second-order valence-corrected chi connectivity index (χ2v) is 11.2. The summed E-state index contributed by atoms with van der Waals surface area (Å²) in [6.07, 6.45) is 7.08. The highest BCUT2D eigenvalue weighted by Gasteiger charge is 2.25. The normalized spacial score (nSPS) is 17.4. The van der Waals surface area contributed by atoms with Crippen molar-refractivity contribution in [3.63, 3.8) is 0 Å². The number of likely N-dealkylation sites (N-methyl/N-ethyl adjacent to an activating group) is 1. The molecule has 1 fully saturated rings. The topological polar surface area (TPSA) is 70.1 Å². The van der Waals surface area contributed by atoms with Crippen LogP contribution in [0.15, 0.2) is 78.9 Å². The molecule has 5 rings (SSSR count). The standard InChI is InChI=1S/C34H35ClN2O4/c1-36(2)32(38)11-6-19-37-20-18-27(22-37)41-26-15-12-23(13-16-26)33-28-17-14-25(34(39)40)21-24(28)7-5-9-30(33)29-8-3-4-10-31(29)35/h3-4,6,8,10-17,21,27H,5,7,9,18-20,22H2,1-2H3,(H,39,40)/b11-6+/t27-/m0/s1. The van der Waals surface area contributed by atoms with Gasteiger partial charge < -0.3 is 14.7 Å². The number of carbonyl (C=O) groups is 2. The van der Waals surface area contributed by atoms with Gasteiger partial charge in [0.2, 0.25) is 5.91 Å². The number of aryl methyl sites for hydroxylation is 1. The smallest absolute Gasteiger partial charge is 0.335 e. The summed E-state index contributed by atoms with van der Waals surface area (Å²) >= 11 is 6.69. The zero-order valence-electron chi connectivity index (χ0n) is 23.5. The summed E-state index contributed by atoms with van der Waals surface area (Å²) in [5.41, 5.74) is 6.68. The predicted molar refractivity (Wildman–Crippen MR) is 163 cm³/mol. The van der Waals surface area contributed by atoms with Gasteiger partial charge in [-0.1, -0.05) is 54.1 Å². The fourth-order valence-electron chi connectivity index (χ4n) is 5.63. The number of allylic oxidation sites excluding steroid dienone is 1. The van der Waals surface area contributed by atoms with Crippen LogP contribution in [-0.4, -0.2) is 66.6 Å². The van der Waals surface area contributed by atoms with Crippen molar-refractivity contribution in [3.8, 4) is 5.75 Å². The molecule has 0 radical (unpaired) electrons. The van der Waals surface area contributed by atoms with Gasteiger partial charge in [-0.2, -0.15) is 0 Å². The number of nitrogens with zero attached hydrogens (tertiary/aromatic N) is 2. The number of carboxylic acid groups (broad SMARTS) is 1. The largest absolute Gasteiger partial charge is 0.489 e. The van der Waals surface area contributed by atoms with Gasteiger partial charge in [-0.3, -0.25) is 9.69 Å². The molecule has 212 valence electrons. The van der Waals surface area contributed by atoms with Crippen LogP contribution in [0.3, 0.4) is 0 Å². The summed E-state index contributed by atoms with van der Waals surface area (Å²) in [6, 6.07) is 21.6. The van der Waals surface area contributed by atoms with E-state index in [0.717, 1.165) is 78.9 Å². The summed E-state index contributed by atoms with van der Waals surface area (Å²) in [7, 11) is 3.49.